The highest BCUT2D eigenvalue weighted by Gasteiger charge is 2.22. The first-order valence-corrected chi connectivity index (χ1v) is 8.04. The molecule has 1 heterocycles. The van der Waals surface area contributed by atoms with Crippen molar-refractivity contribution in [2.45, 2.75) is 33.1 Å². The van der Waals surface area contributed by atoms with Crippen LogP contribution in [-0.4, -0.2) is 54.4 Å². The molecule has 1 aromatic carbocycles. The number of hydrogen-bond donors (Lipinski definition) is 0. The lowest BCUT2D eigenvalue weighted by molar-refractivity contribution is -0.139. The van der Waals surface area contributed by atoms with Crippen LogP contribution in [0.25, 0.3) is 0 Å². The van der Waals surface area contributed by atoms with Crippen molar-refractivity contribution in [1.29, 1.82) is 0 Å². The minimum absolute atomic E-state index is 0.0342. The van der Waals surface area contributed by atoms with Crippen LogP contribution in [0.1, 0.15) is 33.3 Å². The number of amides is 2. The van der Waals surface area contributed by atoms with Crippen LogP contribution in [0.5, 0.6) is 5.75 Å². The molecule has 0 aliphatic carbocycles. The molecule has 0 bridgehead atoms. The molecule has 0 atom stereocenters. The summed E-state index contributed by atoms with van der Waals surface area (Å²) in [5, 5.41) is 0. The van der Waals surface area contributed by atoms with Crippen LogP contribution >= 0.6 is 0 Å². The minimum atomic E-state index is -0.0342. The third-order valence-corrected chi connectivity index (χ3v) is 4.16. The molecule has 1 aromatic rings. The average molecular weight is 318 g/mol. The lowest BCUT2D eigenvalue weighted by Gasteiger charge is -2.34. The van der Waals surface area contributed by atoms with Gasteiger partial charge in [-0.15, -0.1) is 0 Å². The second kappa shape index (κ2) is 7.02. The van der Waals surface area contributed by atoms with Gasteiger partial charge in [0.25, 0.3) is 5.91 Å². The molecule has 1 aliphatic rings. The third-order valence-electron chi connectivity index (χ3n) is 4.16. The molecule has 1 fully saturated rings. The summed E-state index contributed by atoms with van der Waals surface area (Å²) in [5.41, 5.74) is 1.33. The maximum Gasteiger partial charge on any atom is 0.260 e. The Kier molecular flexibility index (Phi) is 5.29. The van der Waals surface area contributed by atoms with Gasteiger partial charge in [-0.2, -0.15) is 0 Å². The summed E-state index contributed by atoms with van der Waals surface area (Å²) in [6.07, 6.45) is 0. The Morgan fingerprint density at radius 3 is 2.00 bits per heavy atom. The molecule has 0 N–H and O–H groups in total. The van der Waals surface area contributed by atoms with Crippen molar-refractivity contribution in [3.63, 3.8) is 0 Å². The van der Waals surface area contributed by atoms with Crippen LogP contribution in [0.15, 0.2) is 24.3 Å². The number of rotatable bonds is 3. The van der Waals surface area contributed by atoms with Gasteiger partial charge >= 0.3 is 0 Å². The molecule has 0 unspecified atom stereocenters. The van der Waals surface area contributed by atoms with Crippen LogP contribution in [0.2, 0.25) is 0 Å². The zero-order chi connectivity index (χ0) is 17.0. The van der Waals surface area contributed by atoms with Gasteiger partial charge < -0.3 is 14.5 Å². The zero-order valence-corrected chi connectivity index (χ0v) is 14.5. The summed E-state index contributed by atoms with van der Waals surface area (Å²) in [6, 6.07) is 7.87. The molecule has 5 nitrogen and oxygen atoms in total. The smallest absolute Gasteiger partial charge is 0.260 e. The molecule has 0 saturated carbocycles. The van der Waals surface area contributed by atoms with Crippen LogP contribution < -0.4 is 4.74 Å². The summed E-state index contributed by atoms with van der Waals surface area (Å²) >= 11 is 0. The SMILES string of the molecule is CC(=O)N1CCN(C(=O)COc2ccc(C(C)(C)C)cc2)CC1. The van der Waals surface area contributed by atoms with E-state index in [1.807, 2.05) is 24.3 Å². The van der Waals surface area contributed by atoms with Gasteiger partial charge in [0.15, 0.2) is 6.61 Å². The molecule has 0 aromatic heterocycles. The second-order valence-electron chi connectivity index (χ2n) is 6.95. The lowest BCUT2D eigenvalue weighted by Crippen LogP contribution is -2.51. The molecule has 23 heavy (non-hydrogen) atoms. The van der Waals surface area contributed by atoms with E-state index in [1.165, 1.54) is 5.56 Å². The summed E-state index contributed by atoms with van der Waals surface area (Å²) < 4.78 is 5.59. The van der Waals surface area contributed by atoms with Gasteiger partial charge in [0.1, 0.15) is 5.75 Å². The number of nitrogens with zero attached hydrogens (tertiary/aromatic N) is 2. The van der Waals surface area contributed by atoms with Crippen molar-refractivity contribution in [1.82, 2.24) is 9.80 Å². The molecule has 0 radical (unpaired) electrons. The summed E-state index contributed by atoms with van der Waals surface area (Å²) in [6.45, 7) is 10.4. The number of benzene rings is 1. The predicted molar refractivity (Wildman–Crippen MR) is 89.5 cm³/mol. The normalized spacial score (nSPS) is 15.5. The van der Waals surface area contributed by atoms with E-state index in [0.717, 1.165) is 0 Å². The highest BCUT2D eigenvalue weighted by Crippen LogP contribution is 2.24. The zero-order valence-electron chi connectivity index (χ0n) is 14.5. The molecule has 2 rings (SSSR count). The molecule has 2 amide bonds. The molecule has 126 valence electrons. The van der Waals surface area contributed by atoms with Crippen LogP contribution in [0, 0.1) is 0 Å². The van der Waals surface area contributed by atoms with E-state index >= 15 is 0 Å². The molecule has 1 aliphatic heterocycles. The van der Waals surface area contributed by atoms with E-state index in [9.17, 15) is 9.59 Å². The Balaban J connectivity index is 1.82. The molecule has 0 spiro atoms. The predicted octanol–water partition coefficient (Wildman–Crippen LogP) is 2.05. The monoisotopic (exact) mass is 318 g/mol. The topological polar surface area (TPSA) is 49.9 Å². The minimum Gasteiger partial charge on any atom is -0.484 e. The Morgan fingerprint density at radius 2 is 1.52 bits per heavy atom. The van der Waals surface area contributed by atoms with Gasteiger partial charge in [-0.1, -0.05) is 32.9 Å². The van der Waals surface area contributed by atoms with E-state index in [0.29, 0.717) is 31.9 Å². The number of hydrogen-bond acceptors (Lipinski definition) is 3. The van der Waals surface area contributed by atoms with Crippen LogP contribution in [0.3, 0.4) is 0 Å². The third kappa shape index (κ3) is 4.71. The number of carbonyl (C=O) groups is 2. The van der Waals surface area contributed by atoms with E-state index in [2.05, 4.69) is 20.8 Å². The van der Waals surface area contributed by atoms with Gasteiger partial charge in [-0.3, -0.25) is 9.59 Å². The fourth-order valence-corrected chi connectivity index (χ4v) is 2.56. The summed E-state index contributed by atoms with van der Waals surface area (Å²) in [7, 11) is 0. The van der Waals surface area contributed by atoms with Crippen molar-refractivity contribution in [3.8, 4) is 5.75 Å². The fourth-order valence-electron chi connectivity index (χ4n) is 2.56. The number of carbonyl (C=O) groups excluding carboxylic acids is 2. The van der Waals surface area contributed by atoms with Gasteiger partial charge in [-0.25, -0.2) is 0 Å². The maximum absolute atomic E-state index is 12.2. The number of piperazine rings is 1. The maximum atomic E-state index is 12.2. The Morgan fingerprint density at radius 1 is 1.00 bits per heavy atom. The Labute approximate surface area is 138 Å². The van der Waals surface area contributed by atoms with E-state index in [1.54, 1.807) is 16.7 Å². The van der Waals surface area contributed by atoms with E-state index in [-0.39, 0.29) is 23.8 Å². The van der Waals surface area contributed by atoms with E-state index < -0.39 is 0 Å². The van der Waals surface area contributed by atoms with Crippen molar-refractivity contribution in [2.24, 2.45) is 0 Å². The van der Waals surface area contributed by atoms with Crippen LogP contribution in [-0.2, 0) is 15.0 Å². The second-order valence-corrected chi connectivity index (χ2v) is 6.95. The highest BCUT2D eigenvalue weighted by atomic mass is 16.5. The number of ether oxygens (including phenoxy) is 1. The molecular formula is C18H26N2O3. The molecule has 1 saturated heterocycles. The molecular weight excluding hydrogens is 292 g/mol. The Bertz CT molecular complexity index is 553. The van der Waals surface area contributed by atoms with Crippen molar-refractivity contribution in [3.05, 3.63) is 29.8 Å². The molecule has 5 heteroatoms. The lowest BCUT2D eigenvalue weighted by atomic mass is 9.87. The van der Waals surface area contributed by atoms with Crippen molar-refractivity contribution in [2.75, 3.05) is 32.8 Å². The average Bonchev–Trinajstić information content (AvgIpc) is 2.52. The highest BCUT2D eigenvalue weighted by molar-refractivity contribution is 5.78. The van der Waals surface area contributed by atoms with Gasteiger partial charge in [0, 0.05) is 33.1 Å². The van der Waals surface area contributed by atoms with Gasteiger partial charge in [0.2, 0.25) is 5.91 Å². The van der Waals surface area contributed by atoms with Gasteiger partial charge in [-0.05, 0) is 23.1 Å². The first-order chi connectivity index (χ1) is 10.8. The standard InChI is InChI=1S/C18H26N2O3/c1-14(21)19-9-11-20(12-10-19)17(22)13-23-16-7-5-15(6-8-16)18(2,3)4/h5-8H,9-13H2,1-4H3. The first kappa shape index (κ1) is 17.3. The van der Waals surface area contributed by atoms with E-state index in [4.69, 9.17) is 4.74 Å². The van der Waals surface area contributed by atoms with Crippen molar-refractivity contribution < 1.29 is 14.3 Å². The van der Waals surface area contributed by atoms with Crippen molar-refractivity contribution >= 4 is 11.8 Å². The summed E-state index contributed by atoms with van der Waals surface area (Å²) in [4.78, 5) is 27.0. The quantitative estimate of drug-likeness (QED) is 0.857. The first-order valence-electron chi connectivity index (χ1n) is 8.04. The Hall–Kier alpha value is -2.04. The summed E-state index contributed by atoms with van der Waals surface area (Å²) in [5.74, 6) is 0.731. The van der Waals surface area contributed by atoms with Crippen LogP contribution in [0.4, 0.5) is 0 Å². The van der Waals surface area contributed by atoms with Gasteiger partial charge in [0.05, 0.1) is 0 Å². The fraction of sp³-hybridized carbons (Fsp3) is 0.556. The largest absolute Gasteiger partial charge is 0.484 e.